The number of nitrogens with zero attached hydrogens (tertiary/aromatic N) is 1. The van der Waals surface area contributed by atoms with Gasteiger partial charge in [-0.3, -0.25) is 0 Å². The molecule has 0 atom stereocenters. The first kappa shape index (κ1) is 12.8. The van der Waals surface area contributed by atoms with E-state index in [1.807, 2.05) is 13.1 Å². The Morgan fingerprint density at radius 2 is 1.89 bits per heavy atom. The summed E-state index contributed by atoms with van der Waals surface area (Å²) < 4.78 is 13.7. The lowest BCUT2D eigenvalue weighted by Crippen LogP contribution is -2.35. The van der Waals surface area contributed by atoms with E-state index >= 15 is 0 Å². The minimum absolute atomic E-state index is 0.331. The topological polar surface area (TPSA) is 47.8 Å². The molecule has 0 amide bonds. The lowest BCUT2D eigenvalue weighted by atomic mass is 9.91. The molecule has 1 aromatic carbocycles. The van der Waals surface area contributed by atoms with Gasteiger partial charge in [-0.2, -0.15) is 5.26 Å². The molecule has 3 nitrogen and oxygen atoms in total. The molecule has 18 heavy (non-hydrogen) atoms. The molecule has 1 aromatic rings. The van der Waals surface area contributed by atoms with Crippen molar-refractivity contribution in [3.8, 4) is 6.07 Å². The maximum atomic E-state index is 13.7. The molecular formula is C14H18FN3. The molecule has 4 heteroatoms. The first-order valence-electron chi connectivity index (χ1n) is 6.36. The lowest BCUT2D eigenvalue weighted by Gasteiger charge is -2.29. The molecule has 2 N–H and O–H groups in total. The van der Waals surface area contributed by atoms with Crippen molar-refractivity contribution in [2.24, 2.45) is 0 Å². The first-order chi connectivity index (χ1) is 8.72. The molecule has 0 saturated heterocycles. The van der Waals surface area contributed by atoms with Crippen molar-refractivity contribution in [3.05, 3.63) is 29.6 Å². The Morgan fingerprint density at radius 3 is 2.44 bits per heavy atom. The van der Waals surface area contributed by atoms with Gasteiger partial charge in [0.2, 0.25) is 0 Å². The van der Waals surface area contributed by atoms with E-state index < -0.39 is 0 Å². The lowest BCUT2D eigenvalue weighted by molar-refractivity contribution is 0.371. The maximum absolute atomic E-state index is 13.7. The van der Waals surface area contributed by atoms with Crippen LogP contribution in [0.25, 0.3) is 0 Å². The Hall–Kier alpha value is -1.60. The largest absolute Gasteiger partial charge is 0.380 e. The van der Waals surface area contributed by atoms with Crippen LogP contribution in [0.3, 0.4) is 0 Å². The van der Waals surface area contributed by atoms with Gasteiger partial charge in [-0.1, -0.05) is 0 Å². The summed E-state index contributed by atoms with van der Waals surface area (Å²) in [6.07, 6.45) is 4.33. The van der Waals surface area contributed by atoms with Gasteiger partial charge in [-0.25, -0.2) is 4.39 Å². The fourth-order valence-corrected chi connectivity index (χ4v) is 2.45. The van der Waals surface area contributed by atoms with Crippen LogP contribution >= 0.6 is 0 Å². The summed E-state index contributed by atoms with van der Waals surface area (Å²) in [5.74, 6) is -0.343. The van der Waals surface area contributed by atoms with Gasteiger partial charge in [0.05, 0.1) is 17.3 Å². The zero-order valence-corrected chi connectivity index (χ0v) is 10.5. The summed E-state index contributed by atoms with van der Waals surface area (Å²) >= 11 is 0. The fraction of sp³-hybridized carbons (Fsp3) is 0.500. The molecule has 0 aromatic heterocycles. The minimum Gasteiger partial charge on any atom is -0.380 e. The van der Waals surface area contributed by atoms with E-state index in [1.54, 1.807) is 12.1 Å². The second-order valence-corrected chi connectivity index (χ2v) is 4.79. The van der Waals surface area contributed by atoms with Gasteiger partial charge < -0.3 is 10.6 Å². The van der Waals surface area contributed by atoms with Crippen LogP contribution in [0, 0.1) is 17.1 Å². The molecule has 0 aliphatic heterocycles. The Morgan fingerprint density at radius 1 is 1.22 bits per heavy atom. The molecule has 0 radical (unpaired) electrons. The average Bonchev–Trinajstić information content (AvgIpc) is 2.42. The number of nitriles is 1. The third kappa shape index (κ3) is 2.99. The highest BCUT2D eigenvalue weighted by molar-refractivity contribution is 5.49. The van der Waals surface area contributed by atoms with Crippen molar-refractivity contribution in [2.75, 3.05) is 12.4 Å². The standard InChI is InChI=1S/C14H18FN3/c1-17-11-3-5-12(6-4-11)18-14-7-2-10(9-16)8-13(14)15/h2,7-8,11-12,17-18H,3-6H2,1H3. The van der Waals surface area contributed by atoms with Crippen LogP contribution in [0.2, 0.25) is 0 Å². The molecule has 0 bridgehead atoms. The van der Waals surface area contributed by atoms with Gasteiger partial charge in [-0.15, -0.1) is 0 Å². The molecular weight excluding hydrogens is 229 g/mol. The predicted octanol–water partition coefficient (Wildman–Crippen LogP) is 2.64. The van der Waals surface area contributed by atoms with E-state index in [4.69, 9.17) is 5.26 Å². The van der Waals surface area contributed by atoms with Crippen LogP contribution in [-0.2, 0) is 0 Å². The first-order valence-corrected chi connectivity index (χ1v) is 6.36. The number of anilines is 1. The molecule has 1 aliphatic rings. The Kier molecular flexibility index (Phi) is 4.16. The molecule has 0 unspecified atom stereocenters. The predicted molar refractivity (Wildman–Crippen MR) is 69.8 cm³/mol. The zero-order chi connectivity index (χ0) is 13.0. The van der Waals surface area contributed by atoms with Gasteiger partial charge in [0.1, 0.15) is 5.82 Å². The highest BCUT2D eigenvalue weighted by atomic mass is 19.1. The number of benzene rings is 1. The van der Waals surface area contributed by atoms with Crippen LogP contribution in [0.1, 0.15) is 31.2 Å². The Bertz CT molecular complexity index is 445. The fourth-order valence-electron chi connectivity index (χ4n) is 2.45. The van der Waals surface area contributed by atoms with E-state index in [0.29, 0.717) is 23.3 Å². The molecule has 1 fully saturated rings. The molecule has 1 saturated carbocycles. The van der Waals surface area contributed by atoms with Crippen molar-refractivity contribution < 1.29 is 4.39 Å². The number of halogens is 1. The third-order valence-corrected chi connectivity index (χ3v) is 3.59. The third-order valence-electron chi connectivity index (χ3n) is 3.59. The van der Waals surface area contributed by atoms with E-state index in [2.05, 4.69) is 10.6 Å². The van der Waals surface area contributed by atoms with E-state index in [-0.39, 0.29) is 5.82 Å². The van der Waals surface area contributed by atoms with Crippen molar-refractivity contribution in [1.29, 1.82) is 5.26 Å². The van der Waals surface area contributed by atoms with Crippen LogP contribution < -0.4 is 10.6 Å². The van der Waals surface area contributed by atoms with Gasteiger partial charge >= 0.3 is 0 Å². The SMILES string of the molecule is CNC1CCC(Nc2ccc(C#N)cc2F)CC1. The van der Waals surface area contributed by atoms with Crippen molar-refractivity contribution in [2.45, 2.75) is 37.8 Å². The quantitative estimate of drug-likeness (QED) is 0.863. The van der Waals surface area contributed by atoms with Crippen LogP contribution in [0.5, 0.6) is 0 Å². The summed E-state index contributed by atoms with van der Waals surface area (Å²) in [7, 11) is 1.98. The summed E-state index contributed by atoms with van der Waals surface area (Å²) in [6, 6.07) is 7.43. The van der Waals surface area contributed by atoms with Gasteiger partial charge in [0, 0.05) is 12.1 Å². The van der Waals surface area contributed by atoms with Gasteiger partial charge in [-0.05, 0) is 50.9 Å². The maximum Gasteiger partial charge on any atom is 0.147 e. The molecule has 0 heterocycles. The second kappa shape index (κ2) is 5.83. The van der Waals surface area contributed by atoms with Gasteiger partial charge in [0.15, 0.2) is 0 Å². The highest BCUT2D eigenvalue weighted by Crippen LogP contribution is 2.24. The molecule has 2 rings (SSSR count). The number of hydrogen-bond donors (Lipinski definition) is 2. The van der Waals surface area contributed by atoms with Crippen molar-refractivity contribution in [1.82, 2.24) is 5.32 Å². The molecule has 96 valence electrons. The monoisotopic (exact) mass is 247 g/mol. The highest BCUT2D eigenvalue weighted by Gasteiger charge is 2.20. The molecule has 0 spiro atoms. The molecule has 1 aliphatic carbocycles. The summed E-state index contributed by atoms with van der Waals surface area (Å²) in [5.41, 5.74) is 0.860. The number of nitrogens with one attached hydrogen (secondary N) is 2. The normalized spacial score (nSPS) is 23.4. The average molecular weight is 247 g/mol. The summed E-state index contributed by atoms with van der Waals surface area (Å²) in [6.45, 7) is 0. The minimum atomic E-state index is -0.343. The van der Waals surface area contributed by atoms with Gasteiger partial charge in [0.25, 0.3) is 0 Å². The van der Waals surface area contributed by atoms with Crippen molar-refractivity contribution in [3.63, 3.8) is 0 Å². The van der Waals surface area contributed by atoms with E-state index in [9.17, 15) is 4.39 Å². The Balaban J connectivity index is 1.96. The Labute approximate surface area is 107 Å². The van der Waals surface area contributed by atoms with Crippen LogP contribution in [-0.4, -0.2) is 19.1 Å². The van der Waals surface area contributed by atoms with Crippen LogP contribution in [0.15, 0.2) is 18.2 Å². The zero-order valence-electron chi connectivity index (χ0n) is 10.5. The second-order valence-electron chi connectivity index (χ2n) is 4.79. The summed E-state index contributed by atoms with van der Waals surface area (Å²) in [5, 5.41) is 15.2. The summed E-state index contributed by atoms with van der Waals surface area (Å²) in [4.78, 5) is 0. The van der Waals surface area contributed by atoms with E-state index in [1.165, 1.54) is 6.07 Å². The van der Waals surface area contributed by atoms with Crippen molar-refractivity contribution >= 4 is 5.69 Å². The number of hydrogen-bond acceptors (Lipinski definition) is 3. The van der Waals surface area contributed by atoms with Crippen LogP contribution in [0.4, 0.5) is 10.1 Å². The van der Waals surface area contributed by atoms with E-state index in [0.717, 1.165) is 25.7 Å². The smallest absolute Gasteiger partial charge is 0.147 e. The number of rotatable bonds is 3.